The van der Waals surface area contributed by atoms with Crippen LogP contribution < -0.4 is 0 Å². The summed E-state index contributed by atoms with van der Waals surface area (Å²) in [4.78, 5) is 124. The van der Waals surface area contributed by atoms with Gasteiger partial charge in [0.05, 0.1) is 40.5 Å². The fourth-order valence-electron chi connectivity index (χ4n) is 9.49. The molecule has 516 valence electrons. The molecule has 0 N–H and O–H groups in total. The van der Waals surface area contributed by atoms with E-state index in [1.165, 1.54) is 62.2 Å². The number of esters is 1. The van der Waals surface area contributed by atoms with Gasteiger partial charge >= 0.3 is 21.2 Å². The van der Waals surface area contributed by atoms with Crippen LogP contribution in [0, 0.1) is 21.7 Å². The molecule has 21 heteroatoms. The number of ether oxygens (including phenoxy) is 1. The Morgan fingerprint density at radius 1 is 0.382 bits per heavy atom. The fraction of sp³-hybridized carbons (Fsp3) is 0.809. The van der Waals surface area contributed by atoms with Crippen LogP contribution in [-0.4, -0.2) is 117 Å². The topological polar surface area (TPSA) is 268 Å². The number of hydrogen-bond donors (Lipinski definition) is 0. The number of methoxy groups -OCH3 is 1. The Kier molecular flexibility index (Phi) is 49.8. The van der Waals surface area contributed by atoms with Gasteiger partial charge in [-0.1, -0.05) is 147 Å². The van der Waals surface area contributed by atoms with Crippen LogP contribution in [0.1, 0.15) is 281 Å². The molecule has 0 radical (unpaired) electrons. The number of halogens is 1. The van der Waals surface area contributed by atoms with Gasteiger partial charge in [0.25, 0.3) is 0 Å². The SMILES string of the molecule is C=C(CCCCC)C1(C(=O)CP(=O)(OC)OC)CC1.CCCCCC(=O)C1(C(=O)CBr)CC1.CCCCCC(=O)C1(C(=O)CP(=O)(OC)OC)CC1.CCCCCC(=O)C1(C(C)=O)CC1.CCCCCC(=O)CC(C)=O.CCCCCC(C)=O.COC(C)=O. The van der Waals surface area contributed by atoms with Crippen molar-refractivity contribution in [3.8, 4) is 0 Å². The van der Waals surface area contributed by atoms with E-state index in [1.54, 1.807) is 13.8 Å². The largest absolute Gasteiger partial charge is 0.469 e. The summed E-state index contributed by atoms with van der Waals surface area (Å²) in [7, 11) is -0.147. The first-order valence-electron chi connectivity index (χ1n) is 32.8. The van der Waals surface area contributed by atoms with Gasteiger partial charge in [0.15, 0.2) is 17.3 Å². The van der Waals surface area contributed by atoms with Gasteiger partial charge in [-0.25, -0.2) is 0 Å². The van der Waals surface area contributed by atoms with Gasteiger partial charge in [-0.05, 0) is 117 Å². The predicted molar refractivity (Wildman–Crippen MR) is 357 cm³/mol. The number of unbranched alkanes of at least 4 members (excludes halogenated alkanes) is 12. The van der Waals surface area contributed by atoms with Crippen molar-refractivity contribution in [3.63, 3.8) is 0 Å². The van der Waals surface area contributed by atoms with Crippen molar-refractivity contribution >= 4 is 94.9 Å². The van der Waals surface area contributed by atoms with Gasteiger partial charge in [0.2, 0.25) is 0 Å². The van der Waals surface area contributed by atoms with Crippen LogP contribution >= 0.6 is 31.1 Å². The summed E-state index contributed by atoms with van der Waals surface area (Å²) in [6, 6.07) is 0. The van der Waals surface area contributed by atoms with Crippen LogP contribution in [0.2, 0.25) is 0 Å². The zero-order valence-corrected chi connectivity index (χ0v) is 61.2. The van der Waals surface area contributed by atoms with Gasteiger partial charge in [-0.2, -0.15) is 0 Å². The van der Waals surface area contributed by atoms with Crippen molar-refractivity contribution in [2.24, 2.45) is 21.7 Å². The lowest BCUT2D eigenvalue weighted by atomic mass is 9.89. The van der Waals surface area contributed by atoms with Gasteiger partial charge in [-0.3, -0.25) is 57.1 Å². The molecule has 4 saturated carbocycles. The molecule has 0 bridgehead atoms. The maximum absolute atomic E-state index is 12.3. The molecule has 18 nitrogen and oxygen atoms in total. The maximum Gasteiger partial charge on any atom is 0.337 e. The molecule has 4 rings (SSSR count). The second kappa shape index (κ2) is 49.3. The number of ketones is 10. The number of rotatable bonds is 43. The van der Waals surface area contributed by atoms with Crippen LogP contribution in [0.3, 0.4) is 0 Å². The van der Waals surface area contributed by atoms with E-state index >= 15 is 0 Å². The lowest BCUT2D eigenvalue weighted by Gasteiger charge is -2.20. The van der Waals surface area contributed by atoms with E-state index in [0.717, 1.165) is 160 Å². The molecule has 0 amide bonds. The minimum absolute atomic E-state index is 0.00953. The maximum atomic E-state index is 12.3. The first-order chi connectivity index (χ1) is 41.9. The molecule has 0 aliphatic heterocycles. The highest BCUT2D eigenvalue weighted by Gasteiger charge is 2.57. The Balaban J connectivity index is -0.00000100. The molecular weight excluding hydrogens is 1250 g/mol. The van der Waals surface area contributed by atoms with Crippen molar-refractivity contribution in [1.82, 2.24) is 0 Å². The third-order valence-corrected chi connectivity index (χ3v) is 20.6. The van der Waals surface area contributed by atoms with Gasteiger partial charge < -0.3 is 27.6 Å². The zero-order chi connectivity index (χ0) is 68.9. The third-order valence-electron chi connectivity index (χ3n) is 16.5. The molecular formula is C68H119BrO18P2. The quantitative estimate of drug-likeness (QED) is 0.0137. The van der Waals surface area contributed by atoms with E-state index in [0.29, 0.717) is 49.6 Å². The second-order valence-electron chi connectivity index (χ2n) is 24.0. The molecule has 0 spiro atoms. The summed E-state index contributed by atoms with van der Waals surface area (Å²) in [6.45, 7) is 22.8. The van der Waals surface area contributed by atoms with E-state index in [2.05, 4.69) is 68.8 Å². The number of carbonyl (C=O) groups is 11. The minimum Gasteiger partial charge on any atom is -0.469 e. The lowest BCUT2D eigenvalue weighted by Crippen LogP contribution is -2.28. The Hall–Kier alpha value is -3.31. The van der Waals surface area contributed by atoms with Crippen LogP contribution in [-0.2, 0) is 84.7 Å². The summed E-state index contributed by atoms with van der Waals surface area (Å²) in [5.74, 6) is 0.324. The Labute approximate surface area is 545 Å². The van der Waals surface area contributed by atoms with Gasteiger partial charge in [-0.15, -0.1) is 0 Å². The van der Waals surface area contributed by atoms with Gasteiger partial charge in [0.1, 0.15) is 52.8 Å². The summed E-state index contributed by atoms with van der Waals surface area (Å²) in [5.41, 5.74) is -1.42. The minimum atomic E-state index is -3.37. The van der Waals surface area contributed by atoms with E-state index in [4.69, 9.17) is 18.1 Å². The Morgan fingerprint density at radius 3 is 0.921 bits per heavy atom. The number of allylic oxidation sites excluding steroid dienone is 1. The van der Waals surface area contributed by atoms with Crippen molar-refractivity contribution in [2.45, 2.75) is 281 Å². The fourth-order valence-corrected chi connectivity index (χ4v) is 12.1. The molecule has 4 fully saturated rings. The normalized spacial score (nSPS) is 15.2. The molecule has 0 atom stereocenters. The Morgan fingerprint density at radius 2 is 0.663 bits per heavy atom. The first kappa shape index (κ1) is 89.9. The average Bonchev–Trinajstić information content (AvgIpc) is 1.67. The predicted octanol–water partition coefficient (Wildman–Crippen LogP) is 16.8. The van der Waals surface area contributed by atoms with E-state index in [1.807, 2.05) is 0 Å². The highest BCUT2D eigenvalue weighted by atomic mass is 79.9. The molecule has 0 aromatic carbocycles. The number of alkyl halides is 1. The number of hydrogen-bond acceptors (Lipinski definition) is 18. The second-order valence-corrected chi connectivity index (χ2v) is 29.1. The molecule has 0 aromatic heterocycles. The first-order valence-corrected chi connectivity index (χ1v) is 37.4. The summed E-state index contributed by atoms with van der Waals surface area (Å²) in [5, 5.41) is 0.326. The summed E-state index contributed by atoms with van der Waals surface area (Å²) >= 11 is 3.14. The molecule has 0 unspecified atom stereocenters. The van der Waals surface area contributed by atoms with Crippen LogP contribution in [0.5, 0.6) is 0 Å². The van der Waals surface area contributed by atoms with Gasteiger partial charge in [0, 0.05) is 67.5 Å². The Bertz CT molecular complexity index is 2200. The number of Topliss-reactive ketones (excluding diaryl/α,β-unsaturated/α-hetero) is 10. The number of carbonyl (C=O) groups excluding carboxylic acids is 11. The lowest BCUT2D eigenvalue weighted by molar-refractivity contribution is -0.138. The van der Waals surface area contributed by atoms with Crippen molar-refractivity contribution in [1.29, 1.82) is 0 Å². The van der Waals surface area contributed by atoms with Crippen molar-refractivity contribution in [2.75, 3.05) is 53.2 Å². The highest BCUT2D eigenvalue weighted by Crippen LogP contribution is 2.58. The van der Waals surface area contributed by atoms with Crippen LogP contribution in [0.4, 0.5) is 0 Å². The van der Waals surface area contributed by atoms with Crippen LogP contribution in [0.15, 0.2) is 12.2 Å². The molecule has 0 saturated heterocycles. The molecule has 0 aromatic rings. The smallest absolute Gasteiger partial charge is 0.337 e. The van der Waals surface area contributed by atoms with Crippen LogP contribution in [0.25, 0.3) is 0 Å². The molecule has 4 aliphatic carbocycles. The zero-order valence-electron chi connectivity index (χ0n) is 57.8. The summed E-state index contributed by atoms with van der Waals surface area (Å²) < 4.78 is 47.3. The van der Waals surface area contributed by atoms with E-state index in [9.17, 15) is 61.9 Å². The van der Waals surface area contributed by atoms with Crippen molar-refractivity contribution < 1.29 is 84.7 Å². The van der Waals surface area contributed by atoms with Crippen molar-refractivity contribution in [3.05, 3.63) is 12.2 Å². The summed E-state index contributed by atoms with van der Waals surface area (Å²) in [6.07, 6.45) is 28.6. The third kappa shape index (κ3) is 37.2. The highest BCUT2D eigenvalue weighted by molar-refractivity contribution is 9.09. The molecule has 89 heavy (non-hydrogen) atoms. The molecule has 0 heterocycles. The molecule has 4 aliphatic rings. The monoisotopic (exact) mass is 1360 g/mol. The average molecular weight is 1370 g/mol. The standard InChI is InChI=1S/C14H25O4P.C13H23O5P.C11H17BrO2.C11H18O2.C9H16O2.C7H14O.C3H6O2/c1-5-6-7-8-12(2)14(9-10-14)13(15)11-19(16,17-3)18-4;1-4-5-6-7-11(14)13(8-9-13)12(15)10-19(16,17-2)18-3;1-2-3-4-5-9(13)11(6-7-11)10(14)8-12;1-3-4-5-6-10(13)11(7-8-11)9(2)12;1-3-4-5-6-9(11)7-8(2)10;1-3-4-5-6-7(2)8;1-3(4)5-2/h2,5-11H2,1,3-4H3;4-10H2,1-3H3;2-8H2,1H3;3-8H2,1-2H3;3-7H2,1-2H3;3-6H2,1-2H3;1-2H3. The van der Waals surface area contributed by atoms with E-state index in [-0.39, 0.29) is 76.8 Å². The van der Waals surface area contributed by atoms with E-state index < -0.39 is 36.9 Å².